The highest BCUT2D eigenvalue weighted by Gasteiger charge is 2.35. The van der Waals surface area contributed by atoms with E-state index in [0.717, 1.165) is 49.1 Å². The normalized spacial score (nSPS) is 18.5. The molecule has 0 bridgehead atoms. The maximum absolute atomic E-state index is 13.1. The van der Waals surface area contributed by atoms with Crippen molar-refractivity contribution in [2.45, 2.75) is 25.8 Å². The van der Waals surface area contributed by atoms with Gasteiger partial charge in [-0.1, -0.05) is 35.6 Å². The van der Waals surface area contributed by atoms with Gasteiger partial charge in [-0.2, -0.15) is 0 Å². The Morgan fingerprint density at radius 3 is 2.50 bits per heavy atom. The summed E-state index contributed by atoms with van der Waals surface area (Å²) in [6.07, 6.45) is 1.52. The lowest BCUT2D eigenvalue weighted by Gasteiger charge is -2.26. The van der Waals surface area contributed by atoms with Crippen molar-refractivity contribution in [2.75, 3.05) is 43.1 Å². The van der Waals surface area contributed by atoms with Crippen molar-refractivity contribution in [3.8, 4) is 0 Å². The first-order valence-electron chi connectivity index (χ1n) is 12.1. The molecule has 0 radical (unpaired) electrons. The molecule has 10 heteroatoms. The van der Waals surface area contributed by atoms with Crippen molar-refractivity contribution in [3.05, 3.63) is 70.5 Å². The summed E-state index contributed by atoms with van der Waals surface area (Å²) >= 11 is 1.32. The van der Waals surface area contributed by atoms with Crippen LogP contribution in [0.15, 0.2) is 48.5 Å². The summed E-state index contributed by atoms with van der Waals surface area (Å²) in [5, 5.41) is 12.3. The molecule has 188 valence electrons. The van der Waals surface area contributed by atoms with Crippen molar-refractivity contribution in [1.29, 1.82) is 0 Å². The Balaban J connectivity index is 1.12. The van der Waals surface area contributed by atoms with Gasteiger partial charge in [0.1, 0.15) is 10.8 Å². The quantitative estimate of drug-likeness (QED) is 0.502. The number of nitrogens with zero attached hydrogens (tertiary/aromatic N) is 4. The zero-order valence-electron chi connectivity index (χ0n) is 19.9. The summed E-state index contributed by atoms with van der Waals surface area (Å²) in [5.41, 5.74) is 3.00. The molecule has 1 N–H and O–H groups in total. The highest BCUT2D eigenvalue weighted by Crippen LogP contribution is 2.27. The van der Waals surface area contributed by atoms with Crippen LogP contribution in [0.3, 0.4) is 0 Å². The Kier molecular flexibility index (Phi) is 7.64. The van der Waals surface area contributed by atoms with Crippen LogP contribution in [0, 0.1) is 11.7 Å². The Labute approximate surface area is 213 Å². The highest BCUT2D eigenvalue weighted by atomic mass is 32.1. The fourth-order valence-electron chi connectivity index (χ4n) is 4.45. The van der Waals surface area contributed by atoms with E-state index in [1.54, 1.807) is 17.0 Å². The topological polar surface area (TPSA) is 87.7 Å². The van der Waals surface area contributed by atoms with E-state index in [9.17, 15) is 14.0 Å². The summed E-state index contributed by atoms with van der Waals surface area (Å²) in [5.74, 6) is -0.995. The van der Waals surface area contributed by atoms with Crippen molar-refractivity contribution < 1.29 is 18.7 Å². The Morgan fingerprint density at radius 2 is 1.75 bits per heavy atom. The van der Waals surface area contributed by atoms with Crippen LogP contribution in [0.5, 0.6) is 0 Å². The molecule has 1 aromatic heterocycles. The highest BCUT2D eigenvalue weighted by molar-refractivity contribution is 7.15. The van der Waals surface area contributed by atoms with Crippen LogP contribution in [0.1, 0.15) is 22.6 Å². The first kappa shape index (κ1) is 24.5. The van der Waals surface area contributed by atoms with Crippen LogP contribution in [0.4, 0.5) is 15.2 Å². The lowest BCUT2D eigenvalue weighted by Crippen LogP contribution is -2.35. The number of nitrogens with one attached hydrogen (secondary N) is 1. The van der Waals surface area contributed by atoms with E-state index in [1.807, 2.05) is 24.3 Å². The molecule has 36 heavy (non-hydrogen) atoms. The van der Waals surface area contributed by atoms with Gasteiger partial charge < -0.3 is 15.0 Å². The second kappa shape index (κ2) is 11.2. The molecule has 2 fully saturated rings. The van der Waals surface area contributed by atoms with E-state index >= 15 is 0 Å². The molecule has 0 spiro atoms. The molecule has 1 atom stereocenters. The predicted octanol–water partition coefficient (Wildman–Crippen LogP) is 3.29. The van der Waals surface area contributed by atoms with Crippen LogP contribution in [0.25, 0.3) is 0 Å². The molecule has 5 rings (SSSR count). The number of carbonyl (C=O) groups is 2. The SMILES string of the molecule is O=C(Nc1nnc(CCc2ccc(F)cc2)s1)C1CC(=O)N(c2ccc(CN3CCOCC3)cc2)C1. The summed E-state index contributed by atoms with van der Waals surface area (Å²) in [4.78, 5) is 29.5. The van der Waals surface area contributed by atoms with E-state index in [0.29, 0.717) is 24.5 Å². The monoisotopic (exact) mass is 509 g/mol. The first-order chi connectivity index (χ1) is 17.5. The summed E-state index contributed by atoms with van der Waals surface area (Å²) < 4.78 is 18.5. The molecule has 2 aliphatic heterocycles. The third-order valence-electron chi connectivity index (χ3n) is 6.49. The molecule has 0 saturated carbocycles. The van der Waals surface area contributed by atoms with Gasteiger partial charge in [0, 0.05) is 44.7 Å². The van der Waals surface area contributed by atoms with Gasteiger partial charge >= 0.3 is 0 Å². The van der Waals surface area contributed by atoms with Gasteiger partial charge in [0.05, 0.1) is 19.1 Å². The molecule has 2 aliphatic rings. The minimum absolute atomic E-state index is 0.0617. The Bertz CT molecular complexity index is 1200. The molecular weight excluding hydrogens is 481 g/mol. The second-order valence-corrected chi connectivity index (χ2v) is 10.1. The fraction of sp³-hybridized carbons (Fsp3) is 0.385. The third kappa shape index (κ3) is 6.13. The average Bonchev–Trinajstić information content (AvgIpc) is 3.51. The fourth-order valence-corrected chi connectivity index (χ4v) is 5.19. The summed E-state index contributed by atoms with van der Waals surface area (Å²) in [7, 11) is 0. The van der Waals surface area contributed by atoms with Crippen LogP contribution < -0.4 is 10.2 Å². The van der Waals surface area contributed by atoms with Crippen LogP contribution in [-0.4, -0.2) is 59.8 Å². The average molecular weight is 510 g/mol. The van der Waals surface area contributed by atoms with Gasteiger partial charge in [0.2, 0.25) is 16.9 Å². The minimum Gasteiger partial charge on any atom is -0.379 e. The van der Waals surface area contributed by atoms with Crippen molar-refractivity contribution in [2.24, 2.45) is 5.92 Å². The lowest BCUT2D eigenvalue weighted by molar-refractivity contribution is -0.122. The Morgan fingerprint density at radius 1 is 1.03 bits per heavy atom. The molecule has 2 saturated heterocycles. The van der Waals surface area contributed by atoms with Crippen molar-refractivity contribution >= 4 is 34.0 Å². The van der Waals surface area contributed by atoms with E-state index < -0.39 is 5.92 Å². The maximum atomic E-state index is 13.1. The molecule has 0 aliphatic carbocycles. The third-order valence-corrected chi connectivity index (χ3v) is 7.39. The van der Waals surface area contributed by atoms with Crippen LogP contribution >= 0.6 is 11.3 Å². The smallest absolute Gasteiger partial charge is 0.231 e. The number of hydrogen-bond donors (Lipinski definition) is 1. The standard InChI is InChI=1S/C26H28FN5O3S/c27-21-6-1-18(2-7-21)5-10-23-29-30-26(36-23)28-25(34)20-15-24(33)32(17-20)22-8-3-19(4-9-22)16-31-11-13-35-14-12-31/h1-4,6-9,20H,5,10-17H2,(H,28,30,34). The number of ether oxygens (including phenoxy) is 1. The lowest BCUT2D eigenvalue weighted by atomic mass is 10.1. The van der Waals surface area contributed by atoms with Gasteiger partial charge in [-0.25, -0.2) is 4.39 Å². The molecule has 2 aromatic carbocycles. The minimum atomic E-state index is -0.447. The second-order valence-electron chi connectivity index (χ2n) is 9.08. The molecule has 3 aromatic rings. The number of aromatic nitrogens is 2. The zero-order chi connectivity index (χ0) is 24.9. The van der Waals surface area contributed by atoms with Gasteiger partial charge in [-0.15, -0.1) is 10.2 Å². The zero-order valence-corrected chi connectivity index (χ0v) is 20.7. The molecule has 2 amide bonds. The number of hydrogen-bond acceptors (Lipinski definition) is 7. The van der Waals surface area contributed by atoms with Crippen LogP contribution in [-0.2, 0) is 33.7 Å². The molecule has 3 heterocycles. The Hall–Kier alpha value is -3.21. The number of halogens is 1. The van der Waals surface area contributed by atoms with E-state index in [1.165, 1.54) is 29.0 Å². The van der Waals surface area contributed by atoms with E-state index in [-0.39, 0.29) is 24.1 Å². The number of anilines is 2. The summed E-state index contributed by atoms with van der Waals surface area (Å²) in [6, 6.07) is 14.4. The number of benzene rings is 2. The van der Waals surface area contributed by atoms with Gasteiger partial charge in [-0.05, 0) is 41.8 Å². The number of amides is 2. The molecule has 8 nitrogen and oxygen atoms in total. The van der Waals surface area contributed by atoms with Crippen molar-refractivity contribution in [3.63, 3.8) is 0 Å². The number of morpholine rings is 1. The van der Waals surface area contributed by atoms with Gasteiger partial charge in [-0.3, -0.25) is 14.5 Å². The largest absolute Gasteiger partial charge is 0.379 e. The van der Waals surface area contributed by atoms with Gasteiger partial charge in [0.25, 0.3) is 0 Å². The summed E-state index contributed by atoms with van der Waals surface area (Å²) in [6.45, 7) is 4.57. The molecule has 1 unspecified atom stereocenters. The van der Waals surface area contributed by atoms with Crippen molar-refractivity contribution in [1.82, 2.24) is 15.1 Å². The van der Waals surface area contributed by atoms with Gasteiger partial charge in [0.15, 0.2) is 0 Å². The number of aryl methyl sites for hydroxylation is 2. The predicted molar refractivity (Wildman–Crippen MR) is 135 cm³/mol. The molecular formula is C26H28FN5O3S. The number of carbonyl (C=O) groups excluding carboxylic acids is 2. The number of rotatable bonds is 8. The van der Waals surface area contributed by atoms with Crippen LogP contribution in [0.2, 0.25) is 0 Å². The van der Waals surface area contributed by atoms with E-state index in [2.05, 4.69) is 20.4 Å². The maximum Gasteiger partial charge on any atom is 0.231 e. The van der Waals surface area contributed by atoms with E-state index in [4.69, 9.17) is 4.74 Å². The first-order valence-corrected chi connectivity index (χ1v) is 12.9.